The van der Waals surface area contributed by atoms with E-state index in [-0.39, 0.29) is 11.4 Å². The molecule has 1 aliphatic rings. The summed E-state index contributed by atoms with van der Waals surface area (Å²) >= 11 is 0. The van der Waals surface area contributed by atoms with Crippen LogP contribution in [-0.2, 0) is 11.8 Å². The number of urea groups is 1. The Balaban J connectivity index is 1.43. The van der Waals surface area contributed by atoms with Gasteiger partial charge in [0.05, 0.1) is 0 Å². The molecule has 120 valence electrons. The Hall–Kier alpha value is -2.29. The minimum atomic E-state index is -0.0701. The molecular formula is C20H24N2O. The van der Waals surface area contributed by atoms with E-state index >= 15 is 0 Å². The predicted octanol–water partition coefficient (Wildman–Crippen LogP) is 3.57. The molecule has 0 spiro atoms. The number of aryl methyl sites for hydroxylation is 1. The van der Waals surface area contributed by atoms with Gasteiger partial charge in [-0.15, -0.1) is 0 Å². The molecule has 2 aromatic carbocycles. The fourth-order valence-corrected chi connectivity index (χ4v) is 2.90. The van der Waals surface area contributed by atoms with Gasteiger partial charge in [0.25, 0.3) is 0 Å². The van der Waals surface area contributed by atoms with Crippen LogP contribution in [0.1, 0.15) is 29.5 Å². The molecule has 0 saturated heterocycles. The second-order valence-corrected chi connectivity index (χ2v) is 6.49. The van der Waals surface area contributed by atoms with Crippen LogP contribution in [0.2, 0.25) is 0 Å². The van der Waals surface area contributed by atoms with E-state index in [0.717, 1.165) is 19.3 Å². The maximum atomic E-state index is 12.0. The van der Waals surface area contributed by atoms with E-state index < -0.39 is 0 Å². The molecule has 0 unspecified atom stereocenters. The van der Waals surface area contributed by atoms with Crippen LogP contribution in [0.4, 0.5) is 4.79 Å². The lowest BCUT2D eigenvalue weighted by Gasteiger charge is -2.17. The van der Waals surface area contributed by atoms with Gasteiger partial charge in [0, 0.05) is 18.5 Å². The van der Waals surface area contributed by atoms with Crippen LogP contribution in [0.25, 0.3) is 0 Å². The van der Waals surface area contributed by atoms with Gasteiger partial charge in [0.15, 0.2) is 0 Å². The first-order chi connectivity index (χ1) is 11.2. The predicted molar refractivity (Wildman–Crippen MR) is 93.6 cm³/mol. The van der Waals surface area contributed by atoms with Gasteiger partial charge >= 0.3 is 6.03 Å². The second-order valence-electron chi connectivity index (χ2n) is 6.49. The van der Waals surface area contributed by atoms with Crippen LogP contribution in [0.15, 0.2) is 54.6 Å². The summed E-state index contributed by atoms with van der Waals surface area (Å²) < 4.78 is 0. The van der Waals surface area contributed by atoms with E-state index in [0.29, 0.717) is 13.1 Å². The summed E-state index contributed by atoms with van der Waals surface area (Å²) in [6, 6.07) is 18.8. The quantitative estimate of drug-likeness (QED) is 0.841. The van der Waals surface area contributed by atoms with Gasteiger partial charge in [-0.3, -0.25) is 0 Å². The van der Waals surface area contributed by atoms with E-state index in [2.05, 4.69) is 54.0 Å². The Labute approximate surface area is 138 Å². The Morgan fingerprint density at radius 3 is 2.35 bits per heavy atom. The van der Waals surface area contributed by atoms with Crippen LogP contribution >= 0.6 is 0 Å². The lowest BCUT2D eigenvalue weighted by molar-refractivity contribution is 0.240. The summed E-state index contributed by atoms with van der Waals surface area (Å²) in [7, 11) is 0. The summed E-state index contributed by atoms with van der Waals surface area (Å²) in [5.41, 5.74) is 4.01. The highest BCUT2D eigenvalue weighted by molar-refractivity contribution is 5.74. The summed E-state index contributed by atoms with van der Waals surface area (Å²) in [6.45, 7) is 3.47. The number of carbonyl (C=O) groups excluding carboxylic acids is 1. The molecule has 0 aromatic heterocycles. The third-order valence-electron chi connectivity index (χ3n) is 4.65. The van der Waals surface area contributed by atoms with Crippen LogP contribution in [0.3, 0.4) is 0 Å². The molecule has 2 aromatic rings. The highest BCUT2D eigenvalue weighted by Gasteiger charge is 2.44. The number of hydrogen-bond acceptors (Lipinski definition) is 1. The molecule has 0 radical (unpaired) electrons. The molecule has 23 heavy (non-hydrogen) atoms. The Morgan fingerprint density at radius 1 is 1.00 bits per heavy atom. The Bertz CT molecular complexity index is 645. The van der Waals surface area contributed by atoms with Gasteiger partial charge in [0.1, 0.15) is 0 Å². The first-order valence-corrected chi connectivity index (χ1v) is 8.31. The van der Waals surface area contributed by atoms with Crippen molar-refractivity contribution in [2.45, 2.75) is 31.6 Å². The first-order valence-electron chi connectivity index (χ1n) is 8.31. The molecular weight excluding hydrogens is 284 g/mol. The normalized spacial score (nSPS) is 15.0. The number of hydrogen-bond donors (Lipinski definition) is 2. The van der Waals surface area contributed by atoms with Crippen molar-refractivity contribution in [3.05, 3.63) is 71.3 Å². The summed E-state index contributed by atoms with van der Waals surface area (Å²) in [5, 5.41) is 5.98. The van der Waals surface area contributed by atoms with Crippen LogP contribution in [0, 0.1) is 6.92 Å². The highest BCUT2D eigenvalue weighted by Crippen LogP contribution is 2.47. The summed E-state index contributed by atoms with van der Waals surface area (Å²) in [4.78, 5) is 12.0. The maximum absolute atomic E-state index is 12.0. The van der Waals surface area contributed by atoms with Gasteiger partial charge in [-0.25, -0.2) is 4.79 Å². The minimum Gasteiger partial charge on any atom is -0.338 e. The van der Waals surface area contributed by atoms with Crippen LogP contribution in [0.5, 0.6) is 0 Å². The number of amides is 2. The number of carbonyl (C=O) groups is 1. The van der Waals surface area contributed by atoms with Crippen molar-refractivity contribution in [1.82, 2.24) is 10.6 Å². The van der Waals surface area contributed by atoms with Gasteiger partial charge in [-0.1, -0.05) is 60.2 Å². The van der Waals surface area contributed by atoms with Crippen molar-refractivity contribution < 1.29 is 4.79 Å². The van der Waals surface area contributed by atoms with Crippen molar-refractivity contribution >= 4 is 6.03 Å². The average Bonchev–Trinajstić information content (AvgIpc) is 3.36. The molecule has 2 amide bonds. The fraction of sp³-hybridized carbons (Fsp3) is 0.350. The molecule has 2 N–H and O–H groups in total. The number of rotatable bonds is 6. The number of benzene rings is 2. The minimum absolute atomic E-state index is 0.0701. The third-order valence-corrected chi connectivity index (χ3v) is 4.65. The summed E-state index contributed by atoms with van der Waals surface area (Å²) in [6.07, 6.45) is 3.16. The monoisotopic (exact) mass is 308 g/mol. The first kappa shape index (κ1) is 15.6. The average molecular weight is 308 g/mol. The van der Waals surface area contributed by atoms with E-state index in [4.69, 9.17) is 0 Å². The van der Waals surface area contributed by atoms with Crippen LogP contribution < -0.4 is 10.6 Å². The van der Waals surface area contributed by atoms with E-state index in [1.807, 2.05) is 18.2 Å². The third kappa shape index (κ3) is 4.13. The van der Waals surface area contributed by atoms with Gasteiger partial charge in [0.2, 0.25) is 0 Å². The van der Waals surface area contributed by atoms with Crippen molar-refractivity contribution in [1.29, 1.82) is 0 Å². The van der Waals surface area contributed by atoms with Crippen molar-refractivity contribution in [2.75, 3.05) is 13.1 Å². The molecule has 0 atom stereocenters. The molecule has 3 rings (SSSR count). The van der Waals surface area contributed by atoms with E-state index in [9.17, 15) is 4.79 Å². The van der Waals surface area contributed by atoms with E-state index in [1.165, 1.54) is 16.7 Å². The molecule has 0 heterocycles. The maximum Gasteiger partial charge on any atom is 0.314 e. The molecule has 1 fully saturated rings. The molecule has 3 nitrogen and oxygen atoms in total. The van der Waals surface area contributed by atoms with Crippen LogP contribution in [-0.4, -0.2) is 19.1 Å². The summed E-state index contributed by atoms with van der Waals surface area (Å²) in [5.74, 6) is 0. The van der Waals surface area contributed by atoms with Gasteiger partial charge in [-0.2, -0.15) is 0 Å². The second kappa shape index (κ2) is 6.86. The van der Waals surface area contributed by atoms with E-state index in [1.54, 1.807) is 0 Å². The molecule has 0 bridgehead atoms. The highest BCUT2D eigenvalue weighted by atomic mass is 16.2. The Morgan fingerprint density at radius 2 is 1.70 bits per heavy atom. The lowest BCUT2D eigenvalue weighted by Crippen LogP contribution is -2.40. The zero-order valence-electron chi connectivity index (χ0n) is 13.6. The largest absolute Gasteiger partial charge is 0.338 e. The topological polar surface area (TPSA) is 41.1 Å². The van der Waals surface area contributed by atoms with Gasteiger partial charge < -0.3 is 10.6 Å². The fourth-order valence-electron chi connectivity index (χ4n) is 2.90. The molecule has 0 aliphatic heterocycles. The molecule has 1 aliphatic carbocycles. The zero-order chi connectivity index (χ0) is 16.1. The lowest BCUT2D eigenvalue weighted by atomic mass is 9.95. The smallest absolute Gasteiger partial charge is 0.314 e. The Kier molecular flexibility index (Phi) is 4.65. The van der Waals surface area contributed by atoms with Crippen molar-refractivity contribution in [3.63, 3.8) is 0 Å². The molecule has 3 heteroatoms. The zero-order valence-corrected chi connectivity index (χ0v) is 13.6. The van der Waals surface area contributed by atoms with Crippen molar-refractivity contribution in [2.24, 2.45) is 0 Å². The standard InChI is InChI=1S/C20H24N2O/c1-16-7-9-18(10-8-16)20(12-13-20)15-22-19(23)21-14-11-17-5-3-2-4-6-17/h2-10H,11-15H2,1H3,(H2,21,22,23). The molecule has 1 saturated carbocycles. The van der Waals surface area contributed by atoms with Crippen molar-refractivity contribution in [3.8, 4) is 0 Å². The van der Waals surface area contributed by atoms with Gasteiger partial charge in [-0.05, 0) is 37.3 Å². The number of nitrogens with one attached hydrogen (secondary N) is 2. The SMILES string of the molecule is Cc1ccc(C2(CNC(=O)NCCc3ccccc3)CC2)cc1.